The zero-order valence-corrected chi connectivity index (χ0v) is 11.1. The van der Waals surface area contributed by atoms with Gasteiger partial charge in [0.25, 0.3) is 11.5 Å². The van der Waals surface area contributed by atoms with Gasteiger partial charge in [0.1, 0.15) is 11.2 Å². The number of nitrogens with zero attached hydrogens (tertiary/aromatic N) is 2. The number of nitrogens with one attached hydrogen (secondary N) is 1. The molecule has 6 nitrogen and oxygen atoms in total. The van der Waals surface area contributed by atoms with Crippen molar-refractivity contribution in [2.45, 2.75) is 0 Å². The maximum absolute atomic E-state index is 12.1. The molecular weight excluding hydrogens is 266 g/mol. The van der Waals surface area contributed by atoms with E-state index in [-0.39, 0.29) is 12.1 Å². The van der Waals surface area contributed by atoms with Gasteiger partial charge in [-0.1, -0.05) is 6.07 Å². The fourth-order valence-electron chi connectivity index (χ4n) is 1.59. The van der Waals surface area contributed by atoms with Crippen LogP contribution in [0.4, 0.5) is 0 Å². The van der Waals surface area contributed by atoms with E-state index in [2.05, 4.69) is 10.3 Å². The molecule has 100 valence electrons. The largest absolute Gasteiger partial charge is 0.351 e. The SMILES string of the molecule is C[S@@](=O)CCNC(=O)c1cnc2ccccn2c1=O. The van der Waals surface area contributed by atoms with Crippen LogP contribution < -0.4 is 10.9 Å². The molecule has 2 rings (SSSR count). The first kappa shape index (κ1) is 13.4. The Morgan fingerprint density at radius 1 is 1.47 bits per heavy atom. The van der Waals surface area contributed by atoms with Crippen molar-refractivity contribution in [1.29, 1.82) is 0 Å². The highest BCUT2D eigenvalue weighted by Gasteiger charge is 2.12. The molecule has 7 heteroatoms. The van der Waals surface area contributed by atoms with E-state index in [4.69, 9.17) is 0 Å². The van der Waals surface area contributed by atoms with Crippen LogP contribution in [0.5, 0.6) is 0 Å². The normalized spacial score (nSPS) is 12.3. The Bertz CT molecular complexity index is 696. The molecule has 0 unspecified atom stereocenters. The lowest BCUT2D eigenvalue weighted by atomic mass is 10.3. The monoisotopic (exact) mass is 279 g/mol. The van der Waals surface area contributed by atoms with E-state index >= 15 is 0 Å². The molecule has 0 aliphatic rings. The summed E-state index contributed by atoms with van der Waals surface area (Å²) in [5, 5.41) is 2.55. The van der Waals surface area contributed by atoms with Crippen molar-refractivity contribution in [2.75, 3.05) is 18.6 Å². The van der Waals surface area contributed by atoms with Crippen molar-refractivity contribution >= 4 is 22.4 Å². The fraction of sp³-hybridized carbons (Fsp3) is 0.250. The molecule has 0 radical (unpaired) electrons. The minimum absolute atomic E-state index is 0.0226. The van der Waals surface area contributed by atoms with E-state index in [1.54, 1.807) is 30.7 Å². The number of rotatable bonds is 4. The number of fused-ring (bicyclic) bond motifs is 1. The molecule has 2 aromatic heterocycles. The first-order chi connectivity index (χ1) is 9.09. The number of amides is 1. The predicted molar refractivity (Wildman–Crippen MR) is 72.7 cm³/mol. The van der Waals surface area contributed by atoms with Crippen LogP contribution in [-0.4, -0.2) is 38.1 Å². The molecule has 0 saturated heterocycles. The van der Waals surface area contributed by atoms with Gasteiger partial charge < -0.3 is 5.32 Å². The number of hydrogen-bond donors (Lipinski definition) is 1. The van der Waals surface area contributed by atoms with Crippen LogP contribution in [0.15, 0.2) is 35.4 Å². The zero-order valence-electron chi connectivity index (χ0n) is 10.3. The third-order valence-corrected chi connectivity index (χ3v) is 3.31. The first-order valence-electron chi connectivity index (χ1n) is 5.64. The van der Waals surface area contributed by atoms with Crippen LogP contribution in [0, 0.1) is 0 Å². The van der Waals surface area contributed by atoms with Gasteiger partial charge in [-0.2, -0.15) is 0 Å². The summed E-state index contributed by atoms with van der Waals surface area (Å²) in [6.45, 7) is 0.263. The van der Waals surface area contributed by atoms with Crippen molar-refractivity contribution in [2.24, 2.45) is 0 Å². The van der Waals surface area contributed by atoms with Crippen LogP contribution >= 0.6 is 0 Å². The highest BCUT2D eigenvalue weighted by atomic mass is 32.2. The molecule has 0 saturated carbocycles. The van der Waals surface area contributed by atoms with Gasteiger partial charge in [-0.25, -0.2) is 4.98 Å². The van der Waals surface area contributed by atoms with E-state index in [1.807, 2.05) is 0 Å². The second kappa shape index (κ2) is 5.75. The number of aromatic nitrogens is 2. The molecule has 0 aliphatic heterocycles. The molecular formula is C12H13N3O3S. The van der Waals surface area contributed by atoms with E-state index in [0.717, 1.165) is 0 Å². The summed E-state index contributed by atoms with van der Waals surface area (Å²) in [6, 6.07) is 5.14. The number of hydrogen-bond acceptors (Lipinski definition) is 4. The number of carbonyl (C=O) groups excluding carboxylic acids is 1. The van der Waals surface area contributed by atoms with Gasteiger partial charge in [-0.3, -0.25) is 18.2 Å². The minimum atomic E-state index is -0.980. The molecule has 1 atom stereocenters. The lowest BCUT2D eigenvalue weighted by Crippen LogP contribution is -2.33. The maximum atomic E-state index is 12.1. The van der Waals surface area contributed by atoms with Crippen molar-refractivity contribution in [3.8, 4) is 0 Å². The van der Waals surface area contributed by atoms with E-state index in [0.29, 0.717) is 11.4 Å². The van der Waals surface area contributed by atoms with Crippen LogP contribution in [0.1, 0.15) is 10.4 Å². The van der Waals surface area contributed by atoms with Crippen LogP contribution in [-0.2, 0) is 10.8 Å². The van der Waals surface area contributed by atoms with Gasteiger partial charge in [-0.15, -0.1) is 0 Å². The van der Waals surface area contributed by atoms with Crippen LogP contribution in [0.25, 0.3) is 5.65 Å². The summed E-state index contributed by atoms with van der Waals surface area (Å²) < 4.78 is 12.2. The molecule has 2 heterocycles. The van der Waals surface area contributed by atoms with E-state index in [1.165, 1.54) is 10.6 Å². The number of pyridine rings is 1. The highest BCUT2D eigenvalue weighted by molar-refractivity contribution is 7.84. The van der Waals surface area contributed by atoms with Gasteiger partial charge in [0.05, 0.1) is 0 Å². The van der Waals surface area contributed by atoms with Crippen molar-refractivity contribution < 1.29 is 9.00 Å². The molecule has 0 fully saturated rings. The highest BCUT2D eigenvalue weighted by Crippen LogP contribution is 1.97. The van der Waals surface area contributed by atoms with E-state index in [9.17, 15) is 13.8 Å². The Kier molecular flexibility index (Phi) is 4.06. The molecule has 0 spiro atoms. The zero-order chi connectivity index (χ0) is 13.8. The van der Waals surface area contributed by atoms with E-state index < -0.39 is 22.3 Å². The molecule has 0 bridgehead atoms. The summed E-state index contributed by atoms with van der Waals surface area (Å²) in [5.74, 6) is -0.144. The Morgan fingerprint density at radius 2 is 2.26 bits per heavy atom. The summed E-state index contributed by atoms with van der Waals surface area (Å²) >= 11 is 0. The molecule has 1 N–H and O–H groups in total. The molecule has 2 aromatic rings. The lowest BCUT2D eigenvalue weighted by molar-refractivity contribution is 0.0954. The third kappa shape index (κ3) is 3.05. The number of carbonyl (C=O) groups is 1. The van der Waals surface area contributed by atoms with Crippen molar-refractivity contribution in [3.05, 3.63) is 46.5 Å². The Balaban J connectivity index is 2.25. The van der Waals surface area contributed by atoms with Crippen molar-refractivity contribution in [1.82, 2.24) is 14.7 Å². The fourth-order valence-corrected chi connectivity index (χ4v) is 1.98. The smallest absolute Gasteiger partial charge is 0.270 e. The van der Waals surface area contributed by atoms with Crippen molar-refractivity contribution in [3.63, 3.8) is 0 Å². The third-order valence-electron chi connectivity index (χ3n) is 2.53. The van der Waals surface area contributed by atoms with Crippen LogP contribution in [0.2, 0.25) is 0 Å². The minimum Gasteiger partial charge on any atom is -0.351 e. The Hall–Kier alpha value is -2.02. The topological polar surface area (TPSA) is 80.5 Å². The molecule has 0 aromatic carbocycles. The molecule has 1 amide bonds. The van der Waals surface area contributed by atoms with Gasteiger partial charge >= 0.3 is 0 Å². The summed E-state index contributed by atoms with van der Waals surface area (Å²) in [6.07, 6.45) is 4.37. The molecule has 0 aliphatic carbocycles. The summed E-state index contributed by atoms with van der Waals surface area (Å²) in [5.41, 5.74) is 0.0463. The average molecular weight is 279 g/mol. The van der Waals surface area contributed by atoms with Gasteiger partial charge in [0.15, 0.2) is 0 Å². The van der Waals surface area contributed by atoms with Crippen LogP contribution in [0.3, 0.4) is 0 Å². The average Bonchev–Trinajstić information content (AvgIpc) is 2.39. The first-order valence-corrected chi connectivity index (χ1v) is 7.37. The predicted octanol–water partition coefficient (Wildman–Crippen LogP) is -0.197. The summed E-state index contributed by atoms with van der Waals surface area (Å²) in [4.78, 5) is 27.9. The second-order valence-corrected chi connectivity index (χ2v) is 5.49. The van der Waals surface area contributed by atoms with Gasteiger partial charge in [0.2, 0.25) is 0 Å². The quantitative estimate of drug-likeness (QED) is 0.840. The standard InChI is InChI=1S/C12H13N3O3S/c1-19(18)7-5-13-11(16)9-8-14-10-4-2-3-6-15(10)12(9)17/h2-4,6,8H,5,7H2,1H3,(H,13,16)/t19-/m1/s1. The summed E-state index contributed by atoms with van der Waals surface area (Å²) in [7, 11) is -0.980. The second-order valence-electron chi connectivity index (χ2n) is 3.94. The maximum Gasteiger partial charge on any atom is 0.270 e. The molecule has 19 heavy (non-hydrogen) atoms. The van der Waals surface area contributed by atoms with Gasteiger partial charge in [-0.05, 0) is 12.1 Å². The lowest BCUT2D eigenvalue weighted by Gasteiger charge is -2.05. The van der Waals surface area contributed by atoms with Gasteiger partial charge in [0, 0.05) is 41.7 Å². The Labute approximate surface area is 111 Å². The Morgan fingerprint density at radius 3 is 3.00 bits per heavy atom.